The van der Waals surface area contributed by atoms with Gasteiger partial charge < -0.3 is 5.32 Å². The van der Waals surface area contributed by atoms with Crippen molar-refractivity contribution in [2.45, 2.75) is 45.1 Å². The third-order valence-electron chi connectivity index (χ3n) is 5.44. The zero-order valence-corrected chi connectivity index (χ0v) is 19.1. The van der Waals surface area contributed by atoms with E-state index >= 15 is 0 Å². The number of hydrogen-bond acceptors (Lipinski definition) is 3. The fraction of sp³-hybridized carbons (Fsp3) is 0.240. The Balaban J connectivity index is 1.83. The number of rotatable bonds is 7. The molecule has 0 saturated carbocycles. The molecular formula is C25H28N2O3S. The van der Waals surface area contributed by atoms with Gasteiger partial charge >= 0.3 is 0 Å². The SMILES string of the molecule is CCC(NC(=O)c1ccc(C)c(NS(=O)(=O)c2ccccc2)c1)c1ccc(C)c(C)c1. The quantitative estimate of drug-likeness (QED) is 0.528. The molecule has 0 aliphatic rings. The second kappa shape index (κ2) is 9.35. The third kappa shape index (κ3) is 5.33. The summed E-state index contributed by atoms with van der Waals surface area (Å²) in [6, 6.07) is 19.3. The number of benzene rings is 3. The molecule has 1 amide bonds. The van der Waals surface area contributed by atoms with Crippen LogP contribution in [-0.4, -0.2) is 14.3 Å². The molecule has 5 nitrogen and oxygen atoms in total. The van der Waals surface area contributed by atoms with Crippen LogP contribution >= 0.6 is 0 Å². The highest BCUT2D eigenvalue weighted by molar-refractivity contribution is 7.92. The van der Waals surface area contributed by atoms with E-state index in [2.05, 4.69) is 36.0 Å². The van der Waals surface area contributed by atoms with Crippen molar-refractivity contribution in [2.75, 3.05) is 4.72 Å². The summed E-state index contributed by atoms with van der Waals surface area (Å²) >= 11 is 0. The van der Waals surface area contributed by atoms with Gasteiger partial charge in [0.05, 0.1) is 16.6 Å². The predicted octanol–water partition coefficient (Wildman–Crippen LogP) is 5.29. The highest BCUT2D eigenvalue weighted by Gasteiger charge is 2.18. The maximum absolute atomic E-state index is 12.9. The van der Waals surface area contributed by atoms with E-state index in [9.17, 15) is 13.2 Å². The van der Waals surface area contributed by atoms with Gasteiger partial charge in [-0.15, -0.1) is 0 Å². The van der Waals surface area contributed by atoms with E-state index in [1.807, 2.05) is 13.0 Å². The van der Waals surface area contributed by atoms with Crippen LogP contribution in [-0.2, 0) is 10.0 Å². The van der Waals surface area contributed by atoms with Crippen LogP contribution in [0, 0.1) is 20.8 Å². The van der Waals surface area contributed by atoms with Crippen molar-refractivity contribution in [3.63, 3.8) is 0 Å². The van der Waals surface area contributed by atoms with Crippen LogP contribution in [0.4, 0.5) is 5.69 Å². The maximum Gasteiger partial charge on any atom is 0.261 e. The van der Waals surface area contributed by atoms with Crippen molar-refractivity contribution in [3.05, 3.63) is 94.5 Å². The molecule has 0 aliphatic heterocycles. The Labute approximate surface area is 184 Å². The van der Waals surface area contributed by atoms with Crippen LogP contribution in [0.3, 0.4) is 0 Å². The first-order valence-electron chi connectivity index (χ1n) is 10.3. The minimum atomic E-state index is -3.74. The molecule has 0 fully saturated rings. The zero-order chi connectivity index (χ0) is 22.6. The molecule has 0 aliphatic carbocycles. The number of carbonyl (C=O) groups is 1. The number of nitrogens with one attached hydrogen (secondary N) is 2. The minimum Gasteiger partial charge on any atom is -0.345 e. The summed E-state index contributed by atoms with van der Waals surface area (Å²) in [6.07, 6.45) is 0.744. The normalized spacial score (nSPS) is 12.3. The van der Waals surface area contributed by atoms with Crippen LogP contribution < -0.4 is 10.0 Å². The number of carbonyl (C=O) groups excluding carboxylic acids is 1. The van der Waals surface area contributed by atoms with E-state index < -0.39 is 10.0 Å². The van der Waals surface area contributed by atoms with E-state index in [0.29, 0.717) is 11.3 Å². The fourth-order valence-electron chi connectivity index (χ4n) is 3.32. The molecule has 2 N–H and O–H groups in total. The van der Waals surface area contributed by atoms with Crippen molar-refractivity contribution in [1.82, 2.24) is 5.32 Å². The van der Waals surface area contributed by atoms with Gasteiger partial charge in [0.25, 0.3) is 15.9 Å². The molecule has 0 aromatic heterocycles. The Hall–Kier alpha value is -3.12. The van der Waals surface area contributed by atoms with Crippen molar-refractivity contribution < 1.29 is 13.2 Å². The first kappa shape index (κ1) is 22.6. The molecule has 1 atom stereocenters. The second-order valence-corrected chi connectivity index (χ2v) is 9.41. The average Bonchev–Trinajstić information content (AvgIpc) is 2.76. The van der Waals surface area contributed by atoms with Gasteiger partial charge in [0.2, 0.25) is 0 Å². The van der Waals surface area contributed by atoms with Crippen molar-refractivity contribution in [3.8, 4) is 0 Å². The summed E-state index contributed by atoms with van der Waals surface area (Å²) in [7, 11) is -3.74. The topological polar surface area (TPSA) is 75.3 Å². The largest absolute Gasteiger partial charge is 0.345 e. The number of amides is 1. The lowest BCUT2D eigenvalue weighted by Gasteiger charge is -2.19. The van der Waals surface area contributed by atoms with E-state index in [0.717, 1.165) is 17.5 Å². The second-order valence-electron chi connectivity index (χ2n) is 7.73. The molecular weight excluding hydrogens is 408 g/mol. The molecule has 0 saturated heterocycles. The summed E-state index contributed by atoms with van der Waals surface area (Å²) < 4.78 is 28.0. The molecule has 3 aromatic carbocycles. The van der Waals surface area contributed by atoms with Gasteiger partial charge in [-0.25, -0.2) is 8.42 Å². The molecule has 1 unspecified atom stereocenters. The summed E-state index contributed by atoms with van der Waals surface area (Å²) in [5.74, 6) is -0.245. The van der Waals surface area contributed by atoms with Gasteiger partial charge in [-0.05, 0) is 73.7 Å². The number of anilines is 1. The average molecular weight is 437 g/mol. The van der Waals surface area contributed by atoms with Crippen molar-refractivity contribution >= 4 is 21.6 Å². The van der Waals surface area contributed by atoms with E-state index in [1.54, 1.807) is 43.3 Å². The van der Waals surface area contributed by atoms with Crippen molar-refractivity contribution in [1.29, 1.82) is 0 Å². The monoisotopic (exact) mass is 436 g/mol. The first-order chi connectivity index (χ1) is 14.7. The molecule has 0 spiro atoms. The summed E-state index contributed by atoms with van der Waals surface area (Å²) in [4.78, 5) is 13.1. The van der Waals surface area contributed by atoms with Crippen LogP contribution in [0.15, 0.2) is 71.6 Å². The standard InChI is InChI=1S/C25H28N2O3S/c1-5-23(20-13-11-17(2)19(4)15-20)26-25(28)21-14-12-18(3)24(16-21)27-31(29,30)22-9-7-6-8-10-22/h6-16,23,27H,5H2,1-4H3,(H,26,28). The van der Waals surface area contributed by atoms with Gasteiger partial charge in [0.1, 0.15) is 0 Å². The summed E-state index contributed by atoms with van der Waals surface area (Å²) in [5, 5.41) is 3.07. The van der Waals surface area contributed by atoms with Gasteiger partial charge in [-0.3, -0.25) is 9.52 Å². The minimum absolute atomic E-state index is 0.127. The van der Waals surface area contributed by atoms with Crippen LogP contribution in [0.1, 0.15) is 52.0 Å². The Morgan fingerprint density at radius 2 is 1.55 bits per heavy atom. The Morgan fingerprint density at radius 1 is 0.871 bits per heavy atom. The van der Waals surface area contributed by atoms with Gasteiger partial charge in [0.15, 0.2) is 0 Å². The molecule has 0 bridgehead atoms. The molecule has 3 rings (SSSR count). The van der Waals surface area contributed by atoms with E-state index in [-0.39, 0.29) is 16.8 Å². The predicted molar refractivity (Wildman–Crippen MR) is 125 cm³/mol. The maximum atomic E-state index is 12.9. The van der Waals surface area contributed by atoms with Crippen LogP contribution in [0.25, 0.3) is 0 Å². The van der Waals surface area contributed by atoms with Gasteiger partial charge in [-0.1, -0.05) is 49.4 Å². The highest BCUT2D eigenvalue weighted by Crippen LogP contribution is 2.23. The molecule has 31 heavy (non-hydrogen) atoms. The lowest BCUT2D eigenvalue weighted by Crippen LogP contribution is -2.28. The van der Waals surface area contributed by atoms with E-state index in [1.165, 1.54) is 23.3 Å². The van der Waals surface area contributed by atoms with Crippen LogP contribution in [0.5, 0.6) is 0 Å². The van der Waals surface area contributed by atoms with E-state index in [4.69, 9.17) is 0 Å². The van der Waals surface area contributed by atoms with Crippen LogP contribution in [0.2, 0.25) is 0 Å². The molecule has 3 aromatic rings. The Kier molecular flexibility index (Phi) is 6.81. The van der Waals surface area contributed by atoms with Crippen molar-refractivity contribution in [2.24, 2.45) is 0 Å². The van der Waals surface area contributed by atoms with Gasteiger partial charge in [0, 0.05) is 5.56 Å². The molecule has 6 heteroatoms. The number of sulfonamides is 1. The number of aryl methyl sites for hydroxylation is 3. The first-order valence-corrected chi connectivity index (χ1v) is 11.8. The number of hydrogen-bond donors (Lipinski definition) is 2. The Morgan fingerprint density at radius 3 is 2.19 bits per heavy atom. The fourth-order valence-corrected chi connectivity index (χ4v) is 4.46. The summed E-state index contributed by atoms with van der Waals surface area (Å²) in [6.45, 7) is 7.94. The lowest BCUT2D eigenvalue weighted by atomic mass is 9.99. The lowest BCUT2D eigenvalue weighted by molar-refractivity contribution is 0.0935. The molecule has 162 valence electrons. The smallest absolute Gasteiger partial charge is 0.261 e. The zero-order valence-electron chi connectivity index (χ0n) is 18.3. The highest BCUT2D eigenvalue weighted by atomic mass is 32.2. The molecule has 0 heterocycles. The Bertz CT molecular complexity index is 1190. The summed E-state index contributed by atoms with van der Waals surface area (Å²) in [5.41, 5.74) is 4.96. The molecule has 0 radical (unpaired) electrons. The van der Waals surface area contributed by atoms with Gasteiger partial charge in [-0.2, -0.15) is 0 Å². The third-order valence-corrected chi connectivity index (χ3v) is 6.83.